The normalized spacial score (nSPS) is 10.2. The van der Waals surface area contributed by atoms with E-state index < -0.39 is 0 Å². The zero-order chi connectivity index (χ0) is 13.9. The van der Waals surface area contributed by atoms with Gasteiger partial charge in [-0.3, -0.25) is 4.98 Å². The maximum atomic E-state index is 9.15. The second kappa shape index (κ2) is 5.02. The molecule has 3 nitrogen and oxygen atoms in total. The van der Waals surface area contributed by atoms with E-state index in [1.807, 2.05) is 55.5 Å². The number of nitrogens with one attached hydrogen (secondary N) is 1. The van der Waals surface area contributed by atoms with Crippen LogP contribution in [0, 0.1) is 18.3 Å². The summed E-state index contributed by atoms with van der Waals surface area (Å²) in [6.07, 6.45) is 1.78. The fourth-order valence-electron chi connectivity index (χ4n) is 2.15. The van der Waals surface area contributed by atoms with E-state index in [4.69, 9.17) is 5.26 Å². The minimum Gasteiger partial charge on any atom is -0.353 e. The first-order valence-electron chi connectivity index (χ1n) is 6.39. The smallest absolute Gasteiger partial charge is 0.101 e. The van der Waals surface area contributed by atoms with Crippen molar-refractivity contribution in [3.63, 3.8) is 0 Å². The van der Waals surface area contributed by atoms with Gasteiger partial charge < -0.3 is 5.32 Å². The van der Waals surface area contributed by atoms with Crippen molar-refractivity contribution in [2.45, 2.75) is 6.92 Å². The minimum absolute atomic E-state index is 0.628. The molecule has 0 saturated carbocycles. The Morgan fingerprint density at radius 3 is 2.80 bits per heavy atom. The average Bonchev–Trinajstić information content (AvgIpc) is 2.47. The molecule has 3 aromatic rings. The van der Waals surface area contributed by atoms with Crippen molar-refractivity contribution in [1.82, 2.24) is 4.98 Å². The Kier molecular flexibility index (Phi) is 3.06. The van der Waals surface area contributed by atoms with Crippen LogP contribution in [0.5, 0.6) is 0 Å². The summed E-state index contributed by atoms with van der Waals surface area (Å²) in [4.78, 5) is 4.41. The molecule has 1 heterocycles. The van der Waals surface area contributed by atoms with Gasteiger partial charge in [-0.15, -0.1) is 0 Å². The highest BCUT2D eigenvalue weighted by Gasteiger charge is 2.04. The second-order valence-corrected chi connectivity index (χ2v) is 4.70. The molecule has 0 amide bonds. The van der Waals surface area contributed by atoms with Crippen molar-refractivity contribution in [3.8, 4) is 6.07 Å². The lowest BCUT2D eigenvalue weighted by Gasteiger charge is -2.09. The molecule has 0 aliphatic heterocycles. The molecule has 0 aliphatic carbocycles. The van der Waals surface area contributed by atoms with Crippen molar-refractivity contribution >= 4 is 22.3 Å². The molecule has 1 N–H and O–H groups in total. The second-order valence-electron chi connectivity index (χ2n) is 4.70. The van der Waals surface area contributed by atoms with E-state index in [1.54, 1.807) is 6.20 Å². The van der Waals surface area contributed by atoms with Crippen LogP contribution in [0.2, 0.25) is 0 Å². The van der Waals surface area contributed by atoms with Gasteiger partial charge in [0, 0.05) is 5.39 Å². The maximum absolute atomic E-state index is 9.15. The molecule has 0 unspecified atom stereocenters. The van der Waals surface area contributed by atoms with Crippen LogP contribution in [0.4, 0.5) is 11.4 Å². The highest BCUT2D eigenvalue weighted by molar-refractivity contribution is 5.82. The lowest BCUT2D eigenvalue weighted by Crippen LogP contribution is -1.95. The molecular weight excluding hydrogens is 246 g/mol. The predicted molar refractivity (Wildman–Crippen MR) is 80.9 cm³/mol. The van der Waals surface area contributed by atoms with Gasteiger partial charge in [0.1, 0.15) is 6.07 Å². The number of nitriles is 1. The first kappa shape index (κ1) is 12.2. The number of para-hydroxylation sites is 1. The van der Waals surface area contributed by atoms with Gasteiger partial charge >= 0.3 is 0 Å². The number of hydrogen-bond donors (Lipinski definition) is 1. The number of aromatic nitrogens is 1. The molecule has 0 bridgehead atoms. The van der Waals surface area contributed by atoms with Crippen LogP contribution in [0.1, 0.15) is 11.1 Å². The van der Waals surface area contributed by atoms with Gasteiger partial charge in [-0.2, -0.15) is 5.26 Å². The Balaban J connectivity index is 2.01. The van der Waals surface area contributed by atoms with Crippen LogP contribution in [-0.4, -0.2) is 4.98 Å². The van der Waals surface area contributed by atoms with Gasteiger partial charge in [0.05, 0.1) is 28.7 Å². The zero-order valence-corrected chi connectivity index (χ0v) is 11.1. The van der Waals surface area contributed by atoms with Crippen molar-refractivity contribution < 1.29 is 0 Å². The predicted octanol–water partition coefficient (Wildman–Crippen LogP) is 4.16. The third-order valence-electron chi connectivity index (χ3n) is 3.17. The molecule has 0 aliphatic rings. The Bertz CT molecular complexity index is 816. The van der Waals surface area contributed by atoms with Crippen LogP contribution in [0.15, 0.2) is 54.7 Å². The van der Waals surface area contributed by atoms with Crippen molar-refractivity contribution in [3.05, 3.63) is 65.9 Å². The van der Waals surface area contributed by atoms with E-state index in [2.05, 4.69) is 16.4 Å². The molecule has 0 atom stereocenters. The monoisotopic (exact) mass is 259 g/mol. The third kappa shape index (κ3) is 2.32. The summed E-state index contributed by atoms with van der Waals surface area (Å²) in [6, 6.07) is 17.9. The molecule has 0 saturated heterocycles. The van der Waals surface area contributed by atoms with Crippen LogP contribution in [-0.2, 0) is 0 Å². The van der Waals surface area contributed by atoms with Gasteiger partial charge in [0.25, 0.3) is 0 Å². The van der Waals surface area contributed by atoms with Crippen molar-refractivity contribution in [1.29, 1.82) is 5.26 Å². The third-order valence-corrected chi connectivity index (χ3v) is 3.17. The van der Waals surface area contributed by atoms with E-state index in [0.717, 1.165) is 27.8 Å². The average molecular weight is 259 g/mol. The fourth-order valence-corrected chi connectivity index (χ4v) is 2.15. The minimum atomic E-state index is 0.628. The molecule has 3 heteroatoms. The van der Waals surface area contributed by atoms with E-state index in [9.17, 15) is 0 Å². The number of pyridine rings is 1. The quantitative estimate of drug-likeness (QED) is 0.751. The molecule has 1 aromatic heterocycles. The lowest BCUT2D eigenvalue weighted by atomic mass is 10.1. The highest BCUT2D eigenvalue weighted by Crippen LogP contribution is 2.23. The number of aryl methyl sites for hydroxylation is 1. The zero-order valence-electron chi connectivity index (χ0n) is 11.1. The molecule has 3 rings (SSSR count). The summed E-state index contributed by atoms with van der Waals surface area (Å²) in [5.41, 5.74) is 4.39. The number of anilines is 2. The maximum Gasteiger partial charge on any atom is 0.101 e. The van der Waals surface area contributed by atoms with Gasteiger partial charge in [0.2, 0.25) is 0 Å². The largest absolute Gasteiger partial charge is 0.353 e. The Morgan fingerprint density at radius 1 is 1.10 bits per heavy atom. The molecule has 2 aromatic carbocycles. The van der Waals surface area contributed by atoms with E-state index in [0.29, 0.717) is 5.56 Å². The molecule has 0 radical (unpaired) electrons. The van der Waals surface area contributed by atoms with Gasteiger partial charge in [-0.05, 0) is 36.8 Å². The van der Waals surface area contributed by atoms with Crippen LogP contribution >= 0.6 is 0 Å². The Labute approximate surface area is 117 Å². The van der Waals surface area contributed by atoms with Gasteiger partial charge in [-0.1, -0.05) is 24.3 Å². The summed E-state index contributed by atoms with van der Waals surface area (Å²) in [5.74, 6) is 0. The van der Waals surface area contributed by atoms with Crippen LogP contribution in [0.3, 0.4) is 0 Å². The van der Waals surface area contributed by atoms with Gasteiger partial charge in [-0.25, -0.2) is 0 Å². The number of hydrogen-bond acceptors (Lipinski definition) is 3. The highest BCUT2D eigenvalue weighted by atomic mass is 14.9. The summed E-state index contributed by atoms with van der Waals surface area (Å²) in [5, 5.41) is 13.5. The first-order valence-corrected chi connectivity index (χ1v) is 6.39. The Morgan fingerprint density at radius 2 is 1.95 bits per heavy atom. The number of nitrogens with zero attached hydrogens (tertiary/aromatic N) is 2. The molecule has 0 spiro atoms. The summed E-state index contributed by atoms with van der Waals surface area (Å²) in [7, 11) is 0. The van der Waals surface area contributed by atoms with Crippen LogP contribution < -0.4 is 5.32 Å². The summed E-state index contributed by atoms with van der Waals surface area (Å²) in [6.45, 7) is 2.00. The number of benzene rings is 2. The molecule has 0 fully saturated rings. The van der Waals surface area contributed by atoms with Gasteiger partial charge in [0.15, 0.2) is 0 Å². The summed E-state index contributed by atoms with van der Waals surface area (Å²) < 4.78 is 0. The van der Waals surface area contributed by atoms with E-state index in [-0.39, 0.29) is 0 Å². The standard InChI is InChI=1S/C17H13N3/c1-12-6-7-14(10-18)17(8-12)20-15-9-13-4-2-3-5-16(13)19-11-15/h2-9,11,20H,1H3. The number of fused-ring (bicyclic) bond motifs is 1. The van der Waals surface area contributed by atoms with E-state index >= 15 is 0 Å². The SMILES string of the molecule is Cc1ccc(C#N)c(Nc2cnc3ccccc3c2)c1. The number of rotatable bonds is 2. The molecule has 20 heavy (non-hydrogen) atoms. The van der Waals surface area contributed by atoms with Crippen molar-refractivity contribution in [2.24, 2.45) is 0 Å². The van der Waals surface area contributed by atoms with Crippen LogP contribution in [0.25, 0.3) is 10.9 Å². The first-order chi connectivity index (χ1) is 9.76. The summed E-state index contributed by atoms with van der Waals surface area (Å²) >= 11 is 0. The molecular formula is C17H13N3. The Hall–Kier alpha value is -2.86. The lowest BCUT2D eigenvalue weighted by molar-refractivity contribution is 1.37. The van der Waals surface area contributed by atoms with Crippen molar-refractivity contribution in [2.75, 3.05) is 5.32 Å². The fraction of sp³-hybridized carbons (Fsp3) is 0.0588. The molecule has 96 valence electrons. The topological polar surface area (TPSA) is 48.7 Å². The van der Waals surface area contributed by atoms with E-state index in [1.165, 1.54) is 0 Å².